The molecule has 2 atom stereocenters. The first kappa shape index (κ1) is 37.0. The number of aryl methyl sites for hydroxylation is 6. The van der Waals surface area contributed by atoms with E-state index in [0.29, 0.717) is 11.3 Å². The van der Waals surface area contributed by atoms with E-state index in [4.69, 9.17) is 23.2 Å². The van der Waals surface area contributed by atoms with Crippen LogP contribution in [-0.4, -0.2) is 27.1 Å². The number of allylic oxidation sites excluding steroid dienone is 1. The van der Waals surface area contributed by atoms with Gasteiger partial charge in [-0.3, -0.25) is 0 Å². The topological polar surface area (TPSA) is 6.48 Å². The summed E-state index contributed by atoms with van der Waals surface area (Å²) in [5.74, 6) is 4.01. The van der Waals surface area contributed by atoms with Crippen LogP contribution in [0.1, 0.15) is 122 Å². The monoisotopic (exact) mass is 740 g/mol. The summed E-state index contributed by atoms with van der Waals surface area (Å²) in [7, 11) is 0. The highest BCUT2D eigenvalue weighted by molar-refractivity contribution is 7.79. The molecule has 0 aromatic heterocycles. The van der Waals surface area contributed by atoms with E-state index >= 15 is 0 Å². The molecule has 2 unspecified atom stereocenters. The summed E-state index contributed by atoms with van der Waals surface area (Å²) in [5.41, 5.74) is 14.1. The Morgan fingerprint density at radius 2 is 1.08 bits per heavy atom. The van der Waals surface area contributed by atoms with Gasteiger partial charge in [-0.25, -0.2) is 0 Å². The average molecular weight is 742 g/mol. The quantitative estimate of drug-likeness (QED) is 0.183. The molecule has 0 bridgehead atoms. The first-order valence-corrected chi connectivity index (χ1v) is 22.7. The standard InChI is InChI=1S/C46H59Cl2N2P/c1-32-27-34(3)43(35(4)28-32)49-25-26-50(44-36(5)29-33(2)30-37(44)6)45(49)42-41(47)23-16-24-46(42,48)51(39-19-12-8-13-20-39,40-21-14-9-15-22-40)31-38-17-10-7-11-18-38/h7,10-11,17-18,25-31,39-41H,8-9,12-16,19-24H2,1-6H3. The van der Waals surface area contributed by atoms with Crippen molar-refractivity contribution >= 4 is 47.3 Å². The lowest BCUT2D eigenvalue weighted by atomic mass is 9.91. The maximum atomic E-state index is 8.97. The van der Waals surface area contributed by atoms with Crippen molar-refractivity contribution in [1.82, 2.24) is 0 Å². The molecule has 1 aliphatic heterocycles. The highest BCUT2D eigenvalue weighted by Gasteiger charge is 2.57. The molecule has 3 fully saturated rings. The smallest absolute Gasteiger partial charge is 0.124 e. The SMILES string of the molecule is Cc1cc(C)c(N2C=CN(c3c(C)cc(C)cc3C)C2=C2C(Cl)CCCC2(Cl)P(=Cc2ccccc2)(C2CCCCC2)C2CCCCC2)c(C)c1. The number of alkyl halides is 2. The number of benzene rings is 3. The van der Waals surface area contributed by atoms with Gasteiger partial charge in [0.2, 0.25) is 0 Å². The molecule has 3 aromatic carbocycles. The van der Waals surface area contributed by atoms with E-state index in [1.165, 1.54) is 126 Å². The Kier molecular flexibility index (Phi) is 11.0. The summed E-state index contributed by atoms with van der Waals surface area (Å²) in [4.78, 5) is 4.99. The van der Waals surface area contributed by atoms with E-state index in [0.717, 1.165) is 19.3 Å². The summed E-state index contributed by atoms with van der Waals surface area (Å²) in [6.45, 7) is 11.4. The van der Waals surface area contributed by atoms with Crippen molar-refractivity contribution in [1.29, 1.82) is 0 Å². The number of halogens is 2. The lowest BCUT2D eigenvalue weighted by molar-refractivity contribution is 0.469. The van der Waals surface area contributed by atoms with Crippen molar-refractivity contribution in [3.05, 3.63) is 117 Å². The fourth-order valence-electron chi connectivity index (χ4n) is 10.9. The van der Waals surface area contributed by atoms with Crippen LogP contribution in [0.3, 0.4) is 0 Å². The molecule has 3 aromatic rings. The molecule has 1 heterocycles. The largest absolute Gasteiger partial charge is 0.301 e. The van der Waals surface area contributed by atoms with Gasteiger partial charge in [0.05, 0.1) is 21.4 Å². The normalized spacial score (nSPS) is 23.7. The van der Waals surface area contributed by atoms with Crippen LogP contribution >= 0.6 is 30.1 Å². The zero-order valence-electron chi connectivity index (χ0n) is 32.0. The molecule has 0 N–H and O–H groups in total. The van der Waals surface area contributed by atoms with Gasteiger partial charge >= 0.3 is 0 Å². The molecule has 5 heteroatoms. The van der Waals surface area contributed by atoms with Gasteiger partial charge in [-0.15, -0.1) is 23.2 Å². The minimum Gasteiger partial charge on any atom is -0.301 e. The van der Waals surface area contributed by atoms with Crippen molar-refractivity contribution in [3.63, 3.8) is 0 Å². The van der Waals surface area contributed by atoms with Gasteiger partial charge in [-0.1, -0.05) is 117 Å². The van der Waals surface area contributed by atoms with E-state index in [-0.39, 0.29) is 5.38 Å². The van der Waals surface area contributed by atoms with Crippen molar-refractivity contribution < 1.29 is 0 Å². The third kappa shape index (κ3) is 6.70. The van der Waals surface area contributed by atoms with Crippen LogP contribution in [0.15, 0.2) is 78.4 Å². The van der Waals surface area contributed by atoms with Gasteiger partial charge < -0.3 is 9.80 Å². The third-order valence-corrected chi connectivity index (χ3v) is 20.2. The van der Waals surface area contributed by atoms with Crippen LogP contribution in [0.2, 0.25) is 0 Å². The lowest BCUT2D eigenvalue weighted by Crippen LogP contribution is -2.45. The Hall–Kier alpha value is -2.38. The highest BCUT2D eigenvalue weighted by Crippen LogP contribution is 2.78. The van der Waals surface area contributed by atoms with Crippen molar-refractivity contribution in [2.75, 3.05) is 9.80 Å². The van der Waals surface area contributed by atoms with Gasteiger partial charge in [0.15, 0.2) is 0 Å². The molecule has 2 nitrogen and oxygen atoms in total. The molecule has 51 heavy (non-hydrogen) atoms. The maximum absolute atomic E-state index is 8.97. The van der Waals surface area contributed by atoms with Gasteiger partial charge in [0.25, 0.3) is 0 Å². The fraction of sp³-hybridized carbons (Fsp3) is 0.500. The first-order valence-electron chi connectivity index (χ1n) is 19.8. The second-order valence-electron chi connectivity index (χ2n) is 16.3. The number of rotatable bonds is 6. The number of hydrogen-bond acceptors (Lipinski definition) is 2. The van der Waals surface area contributed by atoms with E-state index < -0.39 is 11.5 Å². The number of hydrogen-bond donors (Lipinski definition) is 0. The van der Waals surface area contributed by atoms with Crippen LogP contribution in [0.25, 0.3) is 0 Å². The summed E-state index contributed by atoms with van der Waals surface area (Å²) in [5, 5.41) is -0.149. The Morgan fingerprint density at radius 3 is 1.53 bits per heavy atom. The van der Waals surface area contributed by atoms with Gasteiger partial charge in [0.1, 0.15) is 5.82 Å². The lowest BCUT2D eigenvalue weighted by Gasteiger charge is -2.57. The summed E-state index contributed by atoms with van der Waals surface area (Å²) in [6.07, 6.45) is 20.7. The predicted octanol–water partition coefficient (Wildman–Crippen LogP) is 13.8. The maximum Gasteiger partial charge on any atom is 0.124 e. The first-order chi connectivity index (χ1) is 24.5. The summed E-state index contributed by atoms with van der Waals surface area (Å²) < 4.78 is -0.547. The summed E-state index contributed by atoms with van der Waals surface area (Å²) >= 11 is 16.9. The number of nitrogens with zero attached hydrogens (tertiary/aromatic N) is 2. The summed E-state index contributed by atoms with van der Waals surface area (Å²) in [6, 6.07) is 20.7. The molecule has 3 aliphatic carbocycles. The predicted molar refractivity (Wildman–Crippen MR) is 227 cm³/mol. The van der Waals surface area contributed by atoms with Crippen LogP contribution < -0.4 is 9.80 Å². The number of anilines is 2. The Labute approximate surface area is 319 Å². The molecular weight excluding hydrogens is 682 g/mol. The highest BCUT2D eigenvalue weighted by atomic mass is 35.5. The van der Waals surface area contributed by atoms with Crippen molar-refractivity contribution in [2.45, 2.75) is 146 Å². The van der Waals surface area contributed by atoms with Crippen molar-refractivity contribution in [2.24, 2.45) is 0 Å². The van der Waals surface area contributed by atoms with E-state index in [2.05, 4.69) is 124 Å². The van der Waals surface area contributed by atoms with Gasteiger partial charge in [-0.05, 0) is 126 Å². The molecule has 3 saturated carbocycles. The zero-order valence-corrected chi connectivity index (χ0v) is 34.4. The zero-order chi connectivity index (χ0) is 35.9. The second-order valence-corrected chi connectivity index (χ2v) is 21.9. The fourth-order valence-corrected chi connectivity index (χ4v) is 19.5. The second kappa shape index (κ2) is 15.2. The van der Waals surface area contributed by atoms with E-state index in [1.54, 1.807) is 0 Å². The van der Waals surface area contributed by atoms with E-state index in [1.807, 2.05) is 0 Å². The molecule has 7 rings (SSSR count). The molecule has 0 radical (unpaired) electrons. The third-order valence-electron chi connectivity index (χ3n) is 12.6. The van der Waals surface area contributed by atoms with Gasteiger partial charge in [0, 0.05) is 18.0 Å². The molecule has 272 valence electrons. The Balaban J connectivity index is 1.59. The van der Waals surface area contributed by atoms with Gasteiger partial charge in [-0.2, -0.15) is 0 Å². The minimum atomic E-state index is -2.08. The molecule has 0 amide bonds. The Morgan fingerprint density at radius 1 is 0.627 bits per heavy atom. The molecule has 0 spiro atoms. The molecule has 4 aliphatic rings. The van der Waals surface area contributed by atoms with Crippen LogP contribution in [0.5, 0.6) is 0 Å². The minimum absolute atomic E-state index is 0.149. The molecule has 0 saturated heterocycles. The van der Waals surface area contributed by atoms with Crippen molar-refractivity contribution in [3.8, 4) is 0 Å². The Bertz CT molecular complexity index is 1730. The van der Waals surface area contributed by atoms with Crippen LogP contribution in [0.4, 0.5) is 11.4 Å². The molecular formula is C46H59Cl2N2P. The van der Waals surface area contributed by atoms with E-state index in [9.17, 15) is 0 Å². The van der Waals surface area contributed by atoms with Crippen LogP contribution in [-0.2, 0) is 0 Å². The average Bonchev–Trinajstić information content (AvgIpc) is 3.50. The van der Waals surface area contributed by atoms with Crippen LogP contribution in [0, 0.1) is 41.5 Å².